The molecule has 3 rings (SSSR count). The number of hydrogen-bond acceptors (Lipinski definition) is 3. The second-order valence-electron chi connectivity index (χ2n) is 6.05. The van der Waals surface area contributed by atoms with E-state index in [9.17, 15) is 4.21 Å². The van der Waals surface area contributed by atoms with Crippen LogP contribution in [0.15, 0.2) is 47.4 Å². The molecule has 2 aromatic carbocycles. The Bertz CT molecular complexity index is 697. The zero-order valence-corrected chi connectivity index (χ0v) is 14.5. The van der Waals surface area contributed by atoms with Crippen LogP contribution in [0.4, 0.5) is 0 Å². The van der Waals surface area contributed by atoms with Gasteiger partial charge in [-0.3, -0.25) is 4.21 Å². The third kappa shape index (κ3) is 4.01. The lowest BCUT2D eigenvalue weighted by molar-refractivity contribution is 0.411. The number of fused-ring (bicyclic) bond motifs is 1. The van der Waals surface area contributed by atoms with Gasteiger partial charge in [0.1, 0.15) is 5.75 Å². The molecular formula is C19H23NO2S. The topological polar surface area (TPSA) is 38.3 Å². The summed E-state index contributed by atoms with van der Waals surface area (Å²) in [4.78, 5) is 0.882. The molecule has 0 saturated carbocycles. The van der Waals surface area contributed by atoms with Crippen molar-refractivity contribution in [2.24, 2.45) is 0 Å². The number of rotatable bonds is 5. The number of hydrogen-bond donors (Lipinski definition) is 1. The van der Waals surface area contributed by atoms with Crippen molar-refractivity contribution in [1.29, 1.82) is 0 Å². The lowest BCUT2D eigenvalue weighted by atomic mass is 9.88. The van der Waals surface area contributed by atoms with Crippen LogP contribution in [-0.2, 0) is 30.2 Å². The van der Waals surface area contributed by atoms with Gasteiger partial charge in [-0.15, -0.1) is 0 Å². The molecule has 0 bridgehead atoms. The van der Waals surface area contributed by atoms with Crippen LogP contribution in [0, 0.1) is 0 Å². The highest BCUT2D eigenvalue weighted by Gasteiger charge is 2.18. The minimum absolute atomic E-state index is 0.495. The van der Waals surface area contributed by atoms with Crippen LogP contribution < -0.4 is 10.1 Å². The summed E-state index contributed by atoms with van der Waals surface area (Å²) in [7, 11) is 0.810. The quantitative estimate of drug-likeness (QED) is 0.916. The van der Waals surface area contributed by atoms with Crippen LogP contribution in [-0.4, -0.2) is 23.6 Å². The van der Waals surface area contributed by atoms with Gasteiger partial charge in [0.2, 0.25) is 0 Å². The Morgan fingerprint density at radius 3 is 2.65 bits per heavy atom. The zero-order chi connectivity index (χ0) is 16.2. The second kappa shape index (κ2) is 7.28. The largest absolute Gasteiger partial charge is 0.497 e. The molecule has 2 atom stereocenters. The Labute approximate surface area is 140 Å². The molecule has 0 amide bonds. The Hall–Kier alpha value is -1.65. The van der Waals surface area contributed by atoms with E-state index < -0.39 is 10.8 Å². The Kier molecular flexibility index (Phi) is 5.13. The fraction of sp³-hybridized carbons (Fsp3) is 0.368. The van der Waals surface area contributed by atoms with Crippen molar-refractivity contribution in [3.05, 3.63) is 59.2 Å². The maximum atomic E-state index is 11.4. The third-order valence-corrected chi connectivity index (χ3v) is 5.43. The highest BCUT2D eigenvalue weighted by atomic mass is 32.2. The van der Waals surface area contributed by atoms with Gasteiger partial charge in [0.25, 0.3) is 0 Å². The molecule has 2 aromatic rings. The van der Waals surface area contributed by atoms with Gasteiger partial charge in [0.05, 0.1) is 7.11 Å². The fourth-order valence-electron chi connectivity index (χ4n) is 3.10. The first-order valence-electron chi connectivity index (χ1n) is 7.97. The van der Waals surface area contributed by atoms with Crippen LogP contribution in [0.1, 0.15) is 23.1 Å². The molecule has 2 unspecified atom stereocenters. The molecule has 0 aromatic heterocycles. The molecule has 0 fully saturated rings. The van der Waals surface area contributed by atoms with Gasteiger partial charge in [0, 0.05) is 34.5 Å². The van der Waals surface area contributed by atoms with Crippen molar-refractivity contribution in [3.63, 3.8) is 0 Å². The molecule has 0 radical (unpaired) electrons. The monoisotopic (exact) mass is 329 g/mol. The summed E-state index contributed by atoms with van der Waals surface area (Å²) < 4.78 is 16.7. The summed E-state index contributed by atoms with van der Waals surface area (Å²) in [6.45, 7) is 0.848. The lowest BCUT2D eigenvalue weighted by Crippen LogP contribution is -2.34. The van der Waals surface area contributed by atoms with E-state index in [0.717, 1.165) is 36.5 Å². The van der Waals surface area contributed by atoms with Crippen molar-refractivity contribution >= 4 is 10.8 Å². The predicted octanol–water partition coefficient (Wildman–Crippen LogP) is 3.08. The maximum absolute atomic E-state index is 11.4. The van der Waals surface area contributed by atoms with Gasteiger partial charge in [-0.05, 0) is 60.2 Å². The van der Waals surface area contributed by atoms with Crippen molar-refractivity contribution in [2.45, 2.75) is 36.7 Å². The van der Waals surface area contributed by atoms with E-state index in [0.29, 0.717) is 6.04 Å². The summed E-state index contributed by atoms with van der Waals surface area (Å²) >= 11 is 0. The van der Waals surface area contributed by atoms with Crippen LogP contribution in [0.3, 0.4) is 0 Å². The number of methoxy groups -OCH3 is 1. The summed E-state index contributed by atoms with van der Waals surface area (Å²) in [5, 5.41) is 3.65. The molecule has 0 saturated heterocycles. The number of aryl methyl sites for hydroxylation is 1. The smallest absolute Gasteiger partial charge is 0.119 e. The summed E-state index contributed by atoms with van der Waals surface area (Å²) in [5.74, 6) is 0.938. The van der Waals surface area contributed by atoms with E-state index in [1.165, 1.54) is 16.7 Å². The average Bonchev–Trinajstić information content (AvgIpc) is 2.59. The van der Waals surface area contributed by atoms with Gasteiger partial charge in [-0.1, -0.05) is 18.2 Å². The van der Waals surface area contributed by atoms with Gasteiger partial charge < -0.3 is 10.1 Å². The SMILES string of the molecule is COc1ccc2c(c1)CC(NCc1ccc(S(C)=O)cc1)CC2. The second-order valence-corrected chi connectivity index (χ2v) is 7.43. The van der Waals surface area contributed by atoms with Gasteiger partial charge in [-0.2, -0.15) is 0 Å². The molecule has 1 aliphatic carbocycles. The van der Waals surface area contributed by atoms with Crippen molar-refractivity contribution in [2.75, 3.05) is 13.4 Å². The lowest BCUT2D eigenvalue weighted by Gasteiger charge is -2.26. The first kappa shape index (κ1) is 16.2. The number of nitrogens with one attached hydrogen (secondary N) is 1. The molecule has 1 N–H and O–H groups in total. The highest BCUT2D eigenvalue weighted by Crippen LogP contribution is 2.25. The molecule has 4 heteroatoms. The van der Waals surface area contributed by atoms with Crippen molar-refractivity contribution in [1.82, 2.24) is 5.32 Å². The van der Waals surface area contributed by atoms with Crippen LogP contribution in [0.5, 0.6) is 5.75 Å². The molecule has 3 nitrogen and oxygen atoms in total. The zero-order valence-electron chi connectivity index (χ0n) is 13.7. The molecule has 0 spiro atoms. The van der Waals surface area contributed by atoms with E-state index in [-0.39, 0.29) is 0 Å². The summed E-state index contributed by atoms with van der Waals surface area (Å²) in [6.07, 6.45) is 5.03. The number of benzene rings is 2. The Morgan fingerprint density at radius 1 is 1.17 bits per heavy atom. The first-order chi connectivity index (χ1) is 11.2. The van der Waals surface area contributed by atoms with Crippen molar-refractivity contribution < 1.29 is 8.95 Å². The van der Waals surface area contributed by atoms with E-state index in [2.05, 4.69) is 29.6 Å². The minimum atomic E-state index is -0.906. The van der Waals surface area contributed by atoms with Gasteiger partial charge >= 0.3 is 0 Å². The molecule has 0 aliphatic heterocycles. The van der Waals surface area contributed by atoms with E-state index in [1.807, 2.05) is 18.2 Å². The molecule has 23 heavy (non-hydrogen) atoms. The summed E-state index contributed by atoms with van der Waals surface area (Å²) in [6, 6.07) is 14.9. The molecule has 1 aliphatic rings. The van der Waals surface area contributed by atoms with Gasteiger partial charge in [0.15, 0.2) is 0 Å². The van der Waals surface area contributed by atoms with Crippen molar-refractivity contribution in [3.8, 4) is 5.75 Å². The molecule has 0 heterocycles. The maximum Gasteiger partial charge on any atom is 0.119 e. The Balaban J connectivity index is 1.60. The average molecular weight is 329 g/mol. The fourth-order valence-corrected chi connectivity index (χ4v) is 3.62. The minimum Gasteiger partial charge on any atom is -0.497 e. The number of ether oxygens (including phenoxy) is 1. The van der Waals surface area contributed by atoms with Crippen LogP contribution in [0.2, 0.25) is 0 Å². The molecule has 122 valence electrons. The third-order valence-electron chi connectivity index (χ3n) is 4.49. The van der Waals surface area contributed by atoms with E-state index in [1.54, 1.807) is 13.4 Å². The van der Waals surface area contributed by atoms with Crippen LogP contribution in [0.25, 0.3) is 0 Å². The standard InChI is InChI=1S/C19H23NO2S/c1-22-18-8-6-15-5-7-17(11-16(15)12-18)20-13-14-3-9-19(10-4-14)23(2)21/h3-4,6,8-10,12,17,20H,5,7,11,13H2,1-2H3. The van der Waals surface area contributed by atoms with E-state index in [4.69, 9.17) is 4.74 Å². The highest BCUT2D eigenvalue weighted by molar-refractivity contribution is 7.84. The normalized spacial score (nSPS) is 18.3. The molecular weight excluding hydrogens is 306 g/mol. The Morgan fingerprint density at radius 2 is 1.96 bits per heavy atom. The summed E-state index contributed by atoms with van der Waals surface area (Å²) in [5.41, 5.74) is 4.07. The van der Waals surface area contributed by atoms with Gasteiger partial charge in [-0.25, -0.2) is 0 Å². The van der Waals surface area contributed by atoms with E-state index >= 15 is 0 Å². The first-order valence-corrected chi connectivity index (χ1v) is 9.53. The van der Waals surface area contributed by atoms with Crippen LogP contribution >= 0.6 is 0 Å². The predicted molar refractivity (Wildman–Crippen MR) is 94.4 cm³/mol.